The van der Waals surface area contributed by atoms with E-state index in [1.54, 1.807) is 25.1 Å². The highest BCUT2D eigenvalue weighted by Gasteiger charge is 2.20. The van der Waals surface area contributed by atoms with Gasteiger partial charge in [0.05, 0.1) is 25.3 Å². The molecule has 0 atom stereocenters. The third kappa shape index (κ3) is 3.40. The SMILES string of the molecule is COc1ccc(Cc2nc3c4c(C)c(C)n(-c5ccc(C)cc5C)c4ncn3n2)cc1OC. The molecule has 0 aliphatic carbocycles. The molecule has 3 heterocycles. The zero-order valence-electron chi connectivity index (χ0n) is 19.8. The lowest BCUT2D eigenvalue weighted by Crippen LogP contribution is -2.01. The van der Waals surface area contributed by atoms with Gasteiger partial charge < -0.3 is 9.47 Å². The normalized spacial score (nSPS) is 11.5. The molecule has 0 saturated carbocycles. The Morgan fingerprint density at radius 1 is 0.879 bits per heavy atom. The number of benzene rings is 2. The Morgan fingerprint density at radius 2 is 1.67 bits per heavy atom. The quantitative estimate of drug-likeness (QED) is 0.388. The number of methoxy groups -OCH3 is 2. The summed E-state index contributed by atoms with van der Waals surface area (Å²) in [6.45, 7) is 8.51. The summed E-state index contributed by atoms with van der Waals surface area (Å²) in [7, 11) is 3.27. The molecule has 5 rings (SSSR count). The molecule has 0 unspecified atom stereocenters. The minimum absolute atomic E-state index is 0.583. The van der Waals surface area contributed by atoms with Crippen molar-refractivity contribution in [2.75, 3.05) is 14.2 Å². The highest BCUT2D eigenvalue weighted by atomic mass is 16.5. The maximum atomic E-state index is 5.44. The summed E-state index contributed by atoms with van der Waals surface area (Å²) < 4.78 is 14.8. The van der Waals surface area contributed by atoms with Crippen LogP contribution in [0.2, 0.25) is 0 Å². The average Bonchev–Trinajstić information content (AvgIpc) is 3.32. The largest absolute Gasteiger partial charge is 0.493 e. The topological polar surface area (TPSA) is 66.5 Å². The minimum Gasteiger partial charge on any atom is -0.493 e. The first-order valence-corrected chi connectivity index (χ1v) is 10.9. The molecule has 33 heavy (non-hydrogen) atoms. The molecule has 0 bridgehead atoms. The lowest BCUT2D eigenvalue weighted by atomic mass is 10.1. The van der Waals surface area contributed by atoms with Crippen LogP contribution in [0.5, 0.6) is 11.5 Å². The molecule has 2 aromatic carbocycles. The molecular formula is C26H27N5O2. The second-order valence-corrected chi connectivity index (χ2v) is 8.44. The van der Waals surface area contributed by atoms with Crippen LogP contribution in [0.1, 0.15) is 33.8 Å². The fourth-order valence-electron chi connectivity index (χ4n) is 4.50. The summed E-state index contributed by atoms with van der Waals surface area (Å²) in [6.07, 6.45) is 2.33. The van der Waals surface area contributed by atoms with Gasteiger partial charge in [-0.1, -0.05) is 23.8 Å². The summed E-state index contributed by atoms with van der Waals surface area (Å²) in [5, 5.41) is 5.73. The number of fused-ring (bicyclic) bond motifs is 3. The second kappa shape index (κ2) is 7.92. The molecule has 0 fully saturated rings. The van der Waals surface area contributed by atoms with Crippen molar-refractivity contribution in [1.82, 2.24) is 24.1 Å². The number of hydrogen-bond donors (Lipinski definition) is 0. The van der Waals surface area contributed by atoms with Crippen LogP contribution in [0, 0.1) is 27.7 Å². The van der Waals surface area contributed by atoms with E-state index < -0.39 is 0 Å². The van der Waals surface area contributed by atoms with Crippen LogP contribution in [0.4, 0.5) is 0 Å². The molecule has 7 nitrogen and oxygen atoms in total. The molecule has 0 aliphatic heterocycles. The Morgan fingerprint density at radius 3 is 2.39 bits per heavy atom. The monoisotopic (exact) mass is 441 g/mol. The van der Waals surface area contributed by atoms with Crippen molar-refractivity contribution in [2.45, 2.75) is 34.1 Å². The molecule has 0 N–H and O–H groups in total. The van der Waals surface area contributed by atoms with Crippen molar-refractivity contribution in [1.29, 1.82) is 0 Å². The zero-order valence-corrected chi connectivity index (χ0v) is 19.8. The molecule has 0 saturated heterocycles. The van der Waals surface area contributed by atoms with Gasteiger partial charge >= 0.3 is 0 Å². The van der Waals surface area contributed by atoms with Crippen LogP contribution in [0.25, 0.3) is 22.4 Å². The van der Waals surface area contributed by atoms with E-state index in [4.69, 9.17) is 24.5 Å². The molecule has 0 radical (unpaired) electrons. The predicted molar refractivity (Wildman–Crippen MR) is 129 cm³/mol. The predicted octanol–water partition coefficient (Wildman–Crippen LogP) is 4.91. The highest BCUT2D eigenvalue weighted by molar-refractivity contribution is 5.95. The Bertz CT molecular complexity index is 1510. The maximum Gasteiger partial charge on any atom is 0.168 e. The molecule has 5 aromatic rings. The van der Waals surface area contributed by atoms with E-state index in [0.29, 0.717) is 17.9 Å². The van der Waals surface area contributed by atoms with Gasteiger partial charge in [-0.15, -0.1) is 5.10 Å². The fraction of sp³-hybridized carbons (Fsp3) is 0.269. The smallest absolute Gasteiger partial charge is 0.168 e. The van der Waals surface area contributed by atoms with E-state index in [1.807, 2.05) is 18.2 Å². The summed E-state index contributed by atoms with van der Waals surface area (Å²) in [5.74, 6) is 2.13. The Labute approximate surface area is 192 Å². The molecular weight excluding hydrogens is 414 g/mol. The van der Waals surface area contributed by atoms with Crippen LogP contribution in [0.3, 0.4) is 0 Å². The summed E-state index contributed by atoms with van der Waals surface area (Å²) in [6, 6.07) is 12.4. The summed E-state index contributed by atoms with van der Waals surface area (Å²) in [5.41, 5.74) is 8.68. The van der Waals surface area contributed by atoms with Crippen LogP contribution < -0.4 is 9.47 Å². The van der Waals surface area contributed by atoms with Gasteiger partial charge in [0.2, 0.25) is 0 Å². The molecule has 0 spiro atoms. The lowest BCUT2D eigenvalue weighted by molar-refractivity contribution is 0.354. The number of aryl methyl sites for hydroxylation is 3. The standard InChI is InChI=1S/C26H27N5O2/c1-15-7-9-20(16(2)11-15)31-18(4)17(3)24-25(31)27-14-30-26(24)28-23(29-30)13-19-8-10-21(32-5)22(12-19)33-6/h7-12,14H,13H2,1-6H3. The first-order chi connectivity index (χ1) is 15.9. The highest BCUT2D eigenvalue weighted by Crippen LogP contribution is 2.32. The Kier molecular flexibility index (Phi) is 5.04. The van der Waals surface area contributed by atoms with Gasteiger partial charge in [-0.25, -0.2) is 14.5 Å². The number of ether oxygens (including phenoxy) is 2. The van der Waals surface area contributed by atoms with Crippen LogP contribution in [-0.2, 0) is 6.42 Å². The zero-order chi connectivity index (χ0) is 23.3. The third-order valence-corrected chi connectivity index (χ3v) is 6.28. The van der Waals surface area contributed by atoms with Crippen molar-refractivity contribution < 1.29 is 9.47 Å². The maximum absolute atomic E-state index is 5.44. The van der Waals surface area contributed by atoms with Crippen molar-refractivity contribution in [2.24, 2.45) is 0 Å². The molecule has 0 amide bonds. The van der Waals surface area contributed by atoms with Gasteiger partial charge in [-0.3, -0.25) is 4.57 Å². The number of hydrogen-bond acceptors (Lipinski definition) is 5. The minimum atomic E-state index is 0.583. The fourth-order valence-corrected chi connectivity index (χ4v) is 4.50. The first-order valence-electron chi connectivity index (χ1n) is 10.9. The van der Waals surface area contributed by atoms with Gasteiger partial charge in [-0.2, -0.15) is 0 Å². The molecule has 168 valence electrons. The van der Waals surface area contributed by atoms with E-state index in [1.165, 1.54) is 11.1 Å². The van der Waals surface area contributed by atoms with E-state index in [0.717, 1.165) is 45.0 Å². The first kappa shape index (κ1) is 21.0. The van der Waals surface area contributed by atoms with Crippen molar-refractivity contribution in [3.63, 3.8) is 0 Å². The van der Waals surface area contributed by atoms with Crippen molar-refractivity contribution in [3.05, 3.63) is 76.5 Å². The van der Waals surface area contributed by atoms with Crippen LogP contribution in [0.15, 0.2) is 42.7 Å². The van der Waals surface area contributed by atoms with Gasteiger partial charge in [-0.05, 0) is 62.6 Å². The molecule has 3 aromatic heterocycles. The van der Waals surface area contributed by atoms with E-state index in [2.05, 4.69) is 50.5 Å². The average molecular weight is 442 g/mol. The number of nitrogens with zero attached hydrogens (tertiary/aromatic N) is 5. The lowest BCUT2D eigenvalue weighted by Gasteiger charge is -2.12. The van der Waals surface area contributed by atoms with Crippen LogP contribution in [-0.4, -0.2) is 38.4 Å². The van der Waals surface area contributed by atoms with Gasteiger partial charge in [0, 0.05) is 12.1 Å². The van der Waals surface area contributed by atoms with E-state index in [-0.39, 0.29) is 0 Å². The van der Waals surface area contributed by atoms with Gasteiger partial charge in [0.1, 0.15) is 6.33 Å². The number of aromatic nitrogens is 5. The van der Waals surface area contributed by atoms with Crippen molar-refractivity contribution >= 4 is 16.7 Å². The molecule has 7 heteroatoms. The summed E-state index contributed by atoms with van der Waals surface area (Å²) in [4.78, 5) is 9.69. The second-order valence-electron chi connectivity index (χ2n) is 8.44. The third-order valence-electron chi connectivity index (χ3n) is 6.28. The van der Waals surface area contributed by atoms with Gasteiger partial charge in [0.25, 0.3) is 0 Å². The summed E-state index contributed by atoms with van der Waals surface area (Å²) >= 11 is 0. The Hall–Kier alpha value is -3.87. The van der Waals surface area contributed by atoms with Crippen molar-refractivity contribution in [3.8, 4) is 17.2 Å². The van der Waals surface area contributed by atoms with Gasteiger partial charge in [0.15, 0.2) is 28.6 Å². The molecule has 0 aliphatic rings. The van der Waals surface area contributed by atoms with E-state index >= 15 is 0 Å². The Balaban J connectivity index is 1.63. The number of rotatable bonds is 5. The van der Waals surface area contributed by atoms with Crippen LogP contribution >= 0.6 is 0 Å². The van der Waals surface area contributed by atoms with E-state index in [9.17, 15) is 0 Å².